The first-order valence-corrected chi connectivity index (χ1v) is 3.67. The summed E-state index contributed by atoms with van der Waals surface area (Å²) in [5, 5.41) is 0. The van der Waals surface area contributed by atoms with Crippen molar-refractivity contribution in [2.45, 2.75) is 19.6 Å². The molecule has 0 saturated carbocycles. The average Bonchev–Trinajstić information content (AvgIpc) is 1.97. The van der Waals surface area contributed by atoms with Crippen LogP contribution in [0.3, 0.4) is 0 Å². The molecule has 14 heavy (non-hydrogen) atoms. The summed E-state index contributed by atoms with van der Waals surface area (Å²) in [6.07, 6.45) is -3.59. The van der Waals surface area contributed by atoms with Gasteiger partial charge in [0.2, 0.25) is 0 Å². The number of aromatic nitrogens is 2. The van der Waals surface area contributed by atoms with Crippen molar-refractivity contribution >= 4 is 0 Å². The molecule has 0 spiro atoms. The van der Waals surface area contributed by atoms with Gasteiger partial charge in [-0.05, 0) is 6.92 Å². The zero-order valence-corrected chi connectivity index (χ0v) is 7.18. The molecule has 0 amide bonds. The van der Waals surface area contributed by atoms with Crippen LogP contribution in [0.5, 0.6) is 0 Å². The summed E-state index contributed by atoms with van der Waals surface area (Å²) in [5.41, 5.74) is -1.67. The van der Waals surface area contributed by atoms with E-state index >= 15 is 0 Å². The van der Waals surface area contributed by atoms with E-state index in [1.807, 2.05) is 0 Å². The second-order valence-corrected chi connectivity index (χ2v) is 2.81. The zero-order chi connectivity index (χ0) is 10.9. The van der Waals surface area contributed by atoms with Crippen LogP contribution in [0, 0.1) is 6.92 Å². The molecule has 0 saturated heterocycles. The Bertz CT molecular complexity index is 443. The van der Waals surface area contributed by atoms with E-state index in [1.54, 1.807) is 4.98 Å². The number of rotatable bonds is 1. The molecule has 7 heteroatoms. The highest BCUT2D eigenvalue weighted by molar-refractivity contribution is 5.00. The quantitative estimate of drug-likeness (QED) is 0.726. The van der Waals surface area contributed by atoms with Crippen molar-refractivity contribution in [1.29, 1.82) is 0 Å². The second-order valence-electron chi connectivity index (χ2n) is 2.81. The van der Waals surface area contributed by atoms with Crippen molar-refractivity contribution in [1.82, 2.24) is 9.55 Å². The van der Waals surface area contributed by atoms with E-state index in [4.69, 9.17) is 0 Å². The summed E-state index contributed by atoms with van der Waals surface area (Å²) >= 11 is 0. The Morgan fingerprint density at radius 3 is 2.50 bits per heavy atom. The van der Waals surface area contributed by atoms with Gasteiger partial charge < -0.3 is 0 Å². The van der Waals surface area contributed by atoms with E-state index in [2.05, 4.69) is 0 Å². The van der Waals surface area contributed by atoms with E-state index in [1.165, 1.54) is 6.92 Å². The summed E-state index contributed by atoms with van der Waals surface area (Å²) in [4.78, 5) is 23.5. The van der Waals surface area contributed by atoms with Crippen molar-refractivity contribution in [3.8, 4) is 0 Å². The van der Waals surface area contributed by atoms with Crippen LogP contribution >= 0.6 is 0 Å². The molecule has 4 nitrogen and oxygen atoms in total. The highest BCUT2D eigenvalue weighted by atomic mass is 19.4. The van der Waals surface area contributed by atoms with Crippen molar-refractivity contribution in [2.75, 3.05) is 0 Å². The Labute approximate surface area is 76.0 Å². The molecule has 0 aliphatic rings. The molecule has 0 bridgehead atoms. The molecule has 0 unspecified atom stereocenters. The molecule has 1 aromatic heterocycles. The molecule has 0 aromatic carbocycles. The standard InChI is InChI=1S/C7H7F3N2O2/c1-4-2-12(3-7(8,9)10)6(14)11-5(4)13/h2H,3H2,1H3,(H,11,13,14). The van der Waals surface area contributed by atoms with Gasteiger partial charge in [0, 0.05) is 11.8 Å². The molecular weight excluding hydrogens is 201 g/mol. The predicted octanol–water partition coefficient (Wildman–Crippen LogP) is 0.407. The number of hydrogen-bond donors (Lipinski definition) is 1. The topological polar surface area (TPSA) is 54.9 Å². The third-order valence-electron chi connectivity index (χ3n) is 1.54. The molecule has 78 valence electrons. The molecule has 1 N–H and O–H groups in total. The maximum Gasteiger partial charge on any atom is 0.406 e. The van der Waals surface area contributed by atoms with Gasteiger partial charge in [0.15, 0.2) is 0 Å². The molecule has 1 heterocycles. The normalized spacial score (nSPS) is 11.7. The summed E-state index contributed by atoms with van der Waals surface area (Å²) in [5.74, 6) is 0. The van der Waals surface area contributed by atoms with Crippen molar-refractivity contribution < 1.29 is 13.2 Å². The number of halogens is 3. The van der Waals surface area contributed by atoms with Gasteiger partial charge >= 0.3 is 11.9 Å². The largest absolute Gasteiger partial charge is 0.406 e. The zero-order valence-electron chi connectivity index (χ0n) is 7.18. The number of H-pyrrole nitrogens is 1. The van der Waals surface area contributed by atoms with Gasteiger partial charge in [0.1, 0.15) is 6.54 Å². The lowest BCUT2D eigenvalue weighted by atomic mass is 10.4. The summed E-state index contributed by atoms with van der Waals surface area (Å²) in [6.45, 7) is -0.0748. The Morgan fingerprint density at radius 2 is 2.00 bits per heavy atom. The van der Waals surface area contributed by atoms with E-state index in [0.29, 0.717) is 4.57 Å². The minimum Gasteiger partial charge on any atom is -0.291 e. The maximum absolute atomic E-state index is 11.9. The number of nitrogens with one attached hydrogen (secondary N) is 1. The van der Waals surface area contributed by atoms with Crippen molar-refractivity contribution in [3.63, 3.8) is 0 Å². The lowest BCUT2D eigenvalue weighted by Crippen LogP contribution is -2.34. The van der Waals surface area contributed by atoms with Gasteiger partial charge in [0.05, 0.1) is 0 Å². The van der Waals surface area contributed by atoms with E-state index < -0.39 is 24.0 Å². The predicted molar refractivity (Wildman–Crippen MR) is 42.1 cm³/mol. The van der Waals surface area contributed by atoms with Crippen LogP contribution in [0.15, 0.2) is 15.8 Å². The Morgan fingerprint density at radius 1 is 1.43 bits per heavy atom. The molecule has 0 aliphatic carbocycles. The number of nitrogens with zero attached hydrogens (tertiary/aromatic N) is 1. The highest BCUT2D eigenvalue weighted by Crippen LogP contribution is 2.15. The van der Waals surface area contributed by atoms with E-state index in [-0.39, 0.29) is 5.56 Å². The fraction of sp³-hybridized carbons (Fsp3) is 0.429. The first-order chi connectivity index (χ1) is 6.29. The van der Waals surface area contributed by atoms with Crippen LogP contribution in [0.4, 0.5) is 13.2 Å². The van der Waals surface area contributed by atoms with Crippen LogP contribution in [0.2, 0.25) is 0 Å². The smallest absolute Gasteiger partial charge is 0.291 e. The monoisotopic (exact) mass is 208 g/mol. The van der Waals surface area contributed by atoms with Gasteiger partial charge in [-0.2, -0.15) is 13.2 Å². The van der Waals surface area contributed by atoms with Crippen molar-refractivity contribution in [2.24, 2.45) is 0 Å². The Kier molecular flexibility index (Phi) is 2.50. The van der Waals surface area contributed by atoms with Crippen LogP contribution in [-0.4, -0.2) is 15.7 Å². The lowest BCUT2D eigenvalue weighted by molar-refractivity contribution is -0.141. The van der Waals surface area contributed by atoms with Crippen LogP contribution in [0.25, 0.3) is 0 Å². The van der Waals surface area contributed by atoms with Gasteiger partial charge in [-0.15, -0.1) is 0 Å². The number of alkyl halides is 3. The molecule has 0 aliphatic heterocycles. The van der Waals surface area contributed by atoms with E-state index in [0.717, 1.165) is 6.20 Å². The van der Waals surface area contributed by atoms with Crippen LogP contribution in [0.1, 0.15) is 5.56 Å². The van der Waals surface area contributed by atoms with Crippen molar-refractivity contribution in [3.05, 3.63) is 32.6 Å². The number of aromatic amines is 1. The van der Waals surface area contributed by atoms with Gasteiger partial charge in [-0.1, -0.05) is 0 Å². The Balaban J connectivity index is 3.18. The third kappa shape index (κ3) is 2.48. The number of aryl methyl sites for hydroxylation is 1. The van der Waals surface area contributed by atoms with Crippen LogP contribution < -0.4 is 11.2 Å². The minimum atomic E-state index is -4.48. The second kappa shape index (κ2) is 3.32. The van der Waals surface area contributed by atoms with Gasteiger partial charge in [-0.3, -0.25) is 14.3 Å². The molecule has 1 aromatic rings. The SMILES string of the molecule is Cc1cn(CC(F)(F)F)c(=O)[nH]c1=O. The molecule has 1 rings (SSSR count). The molecular formula is C7H7F3N2O2. The minimum absolute atomic E-state index is 0.0638. The van der Waals surface area contributed by atoms with Gasteiger partial charge in [-0.25, -0.2) is 4.79 Å². The fourth-order valence-corrected chi connectivity index (χ4v) is 0.929. The molecule has 0 fully saturated rings. The number of hydrogen-bond acceptors (Lipinski definition) is 2. The Hall–Kier alpha value is -1.53. The third-order valence-corrected chi connectivity index (χ3v) is 1.54. The lowest BCUT2D eigenvalue weighted by Gasteiger charge is -2.08. The van der Waals surface area contributed by atoms with Gasteiger partial charge in [0.25, 0.3) is 5.56 Å². The first kappa shape index (κ1) is 10.6. The highest BCUT2D eigenvalue weighted by Gasteiger charge is 2.28. The summed E-state index contributed by atoms with van der Waals surface area (Å²) in [6, 6.07) is 0. The molecule has 0 atom stereocenters. The fourth-order valence-electron chi connectivity index (χ4n) is 0.929. The summed E-state index contributed by atoms with van der Waals surface area (Å²) < 4.78 is 36.1. The summed E-state index contributed by atoms with van der Waals surface area (Å²) in [7, 11) is 0. The van der Waals surface area contributed by atoms with E-state index in [9.17, 15) is 22.8 Å². The molecule has 0 radical (unpaired) electrons. The average molecular weight is 208 g/mol. The maximum atomic E-state index is 11.9. The first-order valence-electron chi connectivity index (χ1n) is 3.67. The van der Waals surface area contributed by atoms with Crippen LogP contribution in [-0.2, 0) is 6.54 Å².